The van der Waals surface area contributed by atoms with E-state index in [1.807, 2.05) is 19.0 Å². The number of quaternary nitrogens is 1. The Hall–Kier alpha value is 0.645. The Labute approximate surface area is 280 Å². The molecule has 1 aromatic carbocycles. The second kappa shape index (κ2) is 23.0. The maximum absolute atomic E-state index is 8.34. The van der Waals surface area contributed by atoms with E-state index in [-0.39, 0.29) is 48.5 Å². The van der Waals surface area contributed by atoms with Gasteiger partial charge < -0.3 is 50.8 Å². The van der Waals surface area contributed by atoms with Gasteiger partial charge in [0.05, 0.1) is 56.3 Å². The number of likely N-dealkylation sites (N-methyl/N-ethyl adjacent to an activating group) is 1. The molecule has 0 saturated carbocycles. The number of aliphatic hydroxyl groups is 2. The summed E-state index contributed by atoms with van der Waals surface area (Å²) >= 11 is 22.8. The summed E-state index contributed by atoms with van der Waals surface area (Å²) in [5, 5.41) is 16.7. The van der Waals surface area contributed by atoms with Crippen LogP contribution < -0.4 is 22.4 Å². The topological polar surface area (TPSA) is 65.4 Å². The van der Waals surface area contributed by atoms with Crippen molar-refractivity contribution in [1.29, 1.82) is 0 Å². The van der Waals surface area contributed by atoms with Crippen molar-refractivity contribution >= 4 is 59.0 Å². The Balaban J connectivity index is 0. The quantitative estimate of drug-likeness (QED) is 0.158. The van der Waals surface area contributed by atoms with Crippen molar-refractivity contribution in [2.75, 3.05) is 97.1 Å². The van der Waals surface area contributed by atoms with Gasteiger partial charge in [-0.3, -0.25) is 0 Å². The summed E-state index contributed by atoms with van der Waals surface area (Å²) in [5.41, 5.74) is 1.70. The molecule has 242 valence electrons. The maximum atomic E-state index is 8.34. The van der Waals surface area contributed by atoms with Crippen molar-refractivity contribution in [2.45, 2.75) is 45.4 Å². The van der Waals surface area contributed by atoms with Crippen LogP contribution in [0.5, 0.6) is 0 Å². The van der Waals surface area contributed by atoms with Crippen LogP contribution in [0.4, 0.5) is 0 Å². The third kappa shape index (κ3) is 17.6. The van der Waals surface area contributed by atoms with Gasteiger partial charge in [0.1, 0.15) is 6.54 Å². The highest BCUT2D eigenvalue weighted by Gasteiger charge is 2.51. The Morgan fingerprint density at radius 3 is 1.46 bits per heavy atom. The third-order valence-corrected chi connectivity index (χ3v) is 7.89. The van der Waals surface area contributed by atoms with E-state index >= 15 is 0 Å². The number of benzene rings is 1. The first-order valence-corrected chi connectivity index (χ1v) is 16.0. The summed E-state index contributed by atoms with van der Waals surface area (Å²) in [6.07, 6.45) is 0. The summed E-state index contributed by atoms with van der Waals surface area (Å²) in [6.45, 7) is 14.5. The summed E-state index contributed by atoms with van der Waals surface area (Å²) < 4.78 is 13.1. The lowest BCUT2D eigenvalue weighted by Gasteiger charge is -2.33. The average Bonchev–Trinajstić information content (AvgIpc) is 3.08. The monoisotopic (exact) mass is 725 g/mol. The number of halogens is 5. The van der Waals surface area contributed by atoms with Gasteiger partial charge in [0.25, 0.3) is 0 Å². The molecule has 13 heteroatoms. The lowest BCUT2D eigenvalue weighted by atomic mass is 9.79. The zero-order chi connectivity index (χ0) is 30.8. The van der Waals surface area contributed by atoms with Gasteiger partial charge in [0.15, 0.2) is 0 Å². The van der Waals surface area contributed by atoms with E-state index in [9.17, 15) is 0 Å². The van der Waals surface area contributed by atoms with Crippen LogP contribution in [0.1, 0.15) is 33.3 Å². The molecule has 1 heterocycles. The number of nitrogens with zero attached hydrogens (tertiary/aromatic N) is 3. The number of rotatable bonds is 15. The molecular formula is C28H53BBrCl4N3O4. The molecule has 1 aliphatic heterocycles. The number of aliphatic hydroxyl groups excluding tert-OH is 2. The highest BCUT2D eigenvalue weighted by Crippen LogP contribution is 2.36. The van der Waals surface area contributed by atoms with Gasteiger partial charge in [-0.1, -0.05) is 24.3 Å². The molecule has 0 atom stereocenters. The van der Waals surface area contributed by atoms with Gasteiger partial charge in [-0.05, 0) is 47.3 Å². The fourth-order valence-corrected chi connectivity index (χ4v) is 5.12. The Morgan fingerprint density at radius 2 is 1.12 bits per heavy atom. The molecule has 0 aliphatic carbocycles. The summed E-state index contributed by atoms with van der Waals surface area (Å²) in [5.74, 6) is 2.65. The molecule has 41 heavy (non-hydrogen) atoms. The Bertz CT molecular complexity index is 737. The lowest BCUT2D eigenvalue weighted by Crippen LogP contribution is -3.00. The molecule has 0 bridgehead atoms. The van der Waals surface area contributed by atoms with Crippen LogP contribution in [-0.2, 0) is 15.9 Å². The van der Waals surface area contributed by atoms with E-state index in [0.29, 0.717) is 36.6 Å². The van der Waals surface area contributed by atoms with Gasteiger partial charge in [-0.25, -0.2) is 0 Å². The molecule has 0 radical (unpaired) electrons. The van der Waals surface area contributed by atoms with Crippen LogP contribution in [-0.4, -0.2) is 140 Å². The molecule has 0 unspecified atom stereocenters. The van der Waals surface area contributed by atoms with E-state index in [2.05, 4.69) is 63.9 Å². The van der Waals surface area contributed by atoms with Crippen LogP contribution in [0.3, 0.4) is 0 Å². The number of hydrogen-bond acceptors (Lipinski definition) is 6. The first-order chi connectivity index (χ1) is 18.7. The fraction of sp³-hybridized carbons (Fsp3) is 0.786. The Morgan fingerprint density at radius 1 is 0.732 bits per heavy atom. The van der Waals surface area contributed by atoms with Crippen molar-refractivity contribution in [1.82, 2.24) is 9.80 Å². The van der Waals surface area contributed by atoms with Crippen LogP contribution in [0.2, 0.25) is 0 Å². The largest absolute Gasteiger partial charge is 1.00 e. The van der Waals surface area contributed by atoms with E-state index in [1.54, 1.807) is 0 Å². The van der Waals surface area contributed by atoms with Crippen molar-refractivity contribution in [2.24, 2.45) is 0 Å². The standard InChI is InChI=1S/C18H29BCl2NO2.C5H11Cl2N.C5H13NO2.BrH/c1-17(2)18(3,4)24-19(23-17)16-8-6-15(7-9-16)14-22(5,12-10-20)13-11-21;1-8(4-2-6)5-3-7;1-6(2-4-7)3-5-8;/h6-9H,10-14H2,1-5H3;2-5H2,1H3;7-8H,2-5H2,1H3;1H/q+1;;;/p-1. The molecule has 0 amide bonds. The summed E-state index contributed by atoms with van der Waals surface area (Å²) in [7, 11) is 5.75. The number of alkyl halides is 4. The lowest BCUT2D eigenvalue weighted by molar-refractivity contribution is -0.918. The summed E-state index contributed by atoms with van der Waals surface area (Å²) in [6, 6.07) is 8.51. The van der Waals surface area contributed by atoms with Gasteiger partial charge in [-0.2, -0.15) is 0 Å². The molecule has 1 aromatic rings. The molecule has 1 aliphatic rings. The van der Waals surface area contributed by atoms with E-state index in [0.717, 1.165) is 42.7 Å². The average molecular weight is 728 g/mol. The van der Waals surface area contributed by atoms with Crippen LogP contribution in [0.25, 0.3) is 0 Å². The Kier molecular flexibility index (Phi) is 24.6. The normalized spacial score (nSPS) is 15.6. The smallest absolute Gasteiger partial charge is 0.494 e. The maximum Gasteiger partial charge on any atom is 0.494 e. The van der Waals surface area contributed by atoms with Crippen LogP contribution in [0, 0.1) is 0 Å². The van der Waals surface area contributed by atoms with E-state index < -0.39 is 0 Å². The molecule has 1 fully saturated rings. The predicted octanol–water partition coefficient (Wildman–Crippen LogP) is 0.713. The summed E-state index contributed by atoms with van der Waals surface area (Å²) in [4.78, 5) is 3.96. The molecule has 2 rings (SSSR count). The van der Waals surface area contributed by atoms with Gasteiger partial charge in [0, 0.05) is 43.5 Å². The van der Waals surface area contributed by atoms with Gasteiger partial charge >= 0.3 is 7.12 Å². The second-order valence-electron chi connectivity index (χ2n) is 11.4. The predicted molar refractivity (Wildman–Crippen MR) is 174 cm³/mol. The van der Waals surface area contributed by atoms with Crippen molar-refractivity contribution in [3.8, 4) is 0 Å². The zero-order valence-corrected chi connectivity index (χ0v) is 30.6. The molecule has 0 spiro atoms. The van der Waals surface area contributed by atoms with Gasteiger partial charge in [0.2, 0.25) is 0 Å². The SMILES string of the molecule is CC1(C)OB(c2ccc(C[N+](C)(CCCl)CCCl)cc2)OC1(C)C.CN(CCCl)CCCl.CN(CCO)CCO.[Br-]. The number of hydrogen-bond donors (Lipinski definition) is 2. The molecule has 1 saturated heterocycles. The third-order valence-electron chi connectivity index (χ3n) is 7.21. The zero-order valence-electron chi connectivity index (χ0n) is 26.0. The van der Waals surface area contributed by atoms with E-state index in [1.165, 1.54) is 5.56 Å². The minimum absolute atomic E-state index is 0. The first kappa shape index (κ1) is 43.8. The van der Waals surface area contributed by atoms with E-state index in [4.69, 9.17) is 65.9 Å². The molecular weight excluding hydrogens is 675 g/mol. The van der Waals surface area contributed by atoms with Crippen LogP contribution >= 0.6 is 46.4 Å². The first-order valence-electron chi connectivity index (χ1n) is 13.8. The fourth-order valence-electron chi connectivity index (χ4n) is 3.73. The van der Waals surface area contributed by atoms with Crippen molar-refractivity contribution in [3.63, 3.8) is 0 Å². The van der Waals surface area contributed by atoms with Crippen LogP contribution in [0.15, 0.2) is 24.3 Å². The van der Waals surface area contributed by atoms with Crippen molar-refractivity contribution < 1.29 is 41.0 Å². The minimum atomic E-state index is -0.313. The molecule has 2 N–H and O–H groups in total. The molecule has 0 aromatic heterocycles. The highest BCUT2D eigenvalue weighted by atomic mass is 79.9. The second-order valence-corrected chi connectivity index (χ2v) is 12.9. The molecule has 7 nitrogen and oxygen atoms in total. The van der Waals surface area contributed by atoms with Gasteiger partial charge in [-0.15, -0.1) is 46.4 Å². The minimum Gasteiger partial charge on any atom is -1.00 e. The van der Waals surface area contributed by atoms with Crippen molar-refractivity contribution in [3.05, 3.63) is 29.8 Å². The highest BCUT2D eigenvalue weighted by molar-refractivity contribution is 6.62.